The molecule has 0 amide bonds. The molecule has 0 aliphatic carbocycles. The van der Waals surface area contributed by atoms with Gasteiger partial charge in [0, 0.05) is 33.6 Å². The summed E-state index contributed by atoms with van der Waals surface area (Å²) in [6, 6.07) is 62.3. The summed E-state index contributed by atoms with van der Waals surface area (Å²) < 4.78 is 0. The maximum absolute atomic E-state index is 5.29. The molecule has 0 aliphatic rings. The molecular weight excluding hydrogens is 631 g/mol. The van der Waals surface area contributed by atoms with Crippen LogP contribution in [-0.2, 0) is 0 Å². The molecule has 9 rings (SSSR count). The van der Waals surface area contributed by atoms with Crippen molar-refractivity contribution < 1.29 is 0 Å². The Morgan fingerprint density at radius 2 is 0.846 bits per heavy atom. The first kappa shape index (κ1) is 31.3. The number of hydrogen-bond donors (Lipinski definition) is 0. The second kappa shape index (κ2) is 13.2. The van der Waals surface area contributed by atoms with Crippen molar-refractivity contribution in [3.63, 3.8) is 0 Å². The second-order valence-electron chi connectivity index (χ2n) is 13.3. The van der Waals surface area contributed by atoms with E-state index >= 15 is 0 Å². The Morgan fingerprint density at radius 3 is 1.54 bits per heavy atom. The zero-order valence-corrected chi connectivity index (χ0v) is 29.1. The first-order valence-corrected chi connectivity index (χ1v) is 17.7. The molecule has 0 unspecified atom stereocenters. The van der Waals surface area contributed by atoms with Crippen LogP contribution in [0.5, 0.6) is 0 Å². The lowest BCUT2D eigenvalue weighted by molar-refractivity contribution is 1.12. The van der Waals surface area contributed by atoms with Crippen LogP contribution in [0.1, 0.15) is 11.4 Å². The van der Waals surface area contributed by atoms with E-state index in [1.54, 1.807) is 0 Å². The Labute approximate surface area is 304 Å². The lowest BCUT2D eigenvalue weighted by Gasteiger charge is -2.16. The molecule has 0 spiro atoms. The standard InChI is InChI=1S/C49H35N3/c1-32-21-26-42(33(2)50-32)39-27-40(46-30-38-17-9-10-18-43(38)44-19-11-12-20-45(44)46)29-41(28-39)49-51-47(36-15-7-4-8-16-36)31-48(52-49)37-24-22-35(23-25-37)34-13-5-3-6-14-34/h3-31H,1-2H3. The van der Waals surface area contributed by atoms with Gasteiger partial charge in [-0.1, -0.05) is 140 Å². The van der Waals surface area contributed by atoms with Crippen LogP contribution in [-0.4, -0.2) is 15.0 Å². The largest absolute Gasteiger partial charge is 0.258 e. The average molecular weight is 666 g/mol. The number of pyridine rings is 1. The summed E-state index contributed by atoms with van der Waals surface area (Å²) in [6.07, 6.45) is 0. The van der Waals surface area contributed by atoms with Gasteiger partial charge in [-0.15, -0.1) is 0 Å². The third-order valence-electron chi connectivity index (χ3n) is 9.89. The number of nitrogens with zero attached hydrogens (tertiary/aromatic N) is 3. The zero-order valence-electron chi connectivity index (χ0n) is 29.1. The Morgan fingerprint density at radius 1 is 0.327 bits per heavy atom. The van der Waals surface area contributed by atoms with Gasteiger partial charge in [0.25, 0.3) is 0 Å². The fourth-order valence-corrected chi connectivity index (χ4v) is 7.30. The van der Waals surface area contributed by atoms with Gasteiger partial charge in [-0.25, -0.2) is 9.97 Å². The predicted molar refractivity (Wildman–Crippen MR) is 217 cm³/mol. The van der Waals surface area contributed by atoms with Gasteiger partial charge in [-0.05, 0) is 99.6 Å². The van der Waals surface area contributed by atoms with Gasteiger partial charge in [0.15, 0.2) is 5.82 Å². The predicted octanol–water partition coefficient (Wildman–Crippen LogP) is 12.8. The lowest BCUT2D eigenvalue weighted by atomic mass is 9.90. The second-order valence-corrected chi connectivity index (χ2v) is 13.3. The van der Waals surface area contributed by atoms with Gasteiger partial charge in [0.05, 0.1) is 11.4 Å². The van der Waals surface area contributed by atoms with Crippen molar-refractivity contribution in [3.05, 3.63) is 187 Å². The van der Waals surface area contributed by atoms with Crippen LogP contribution < -0.4 is 0 Å². The summed E-state index contributed by atoms with van der Waals surface area (Å²) in [5.74, 6) is 0.675. The van der Waals surface area contributed by atoms with Crippen molar-refractivity contribution in [2.45, 2.75) is 13.8 Å². The molecule has 2 aromatic heterocycles. The van der Waals surface area contributed by atoms with Gasteiger partial charge in [-0.2, -0.15) is 0 Å². The molecule has 0 aliphatic heterocycles. The molecule has 0 radical (unpaired) electrons. The molecule has 0 saturated heterocycles. The zero-order chi connectivity index (χ0) is 35.0. The van der Waals surface area contributed by atoms with E-state index < -0.39 is 0 Å². The van der Waals surface area contributed by atoms with Crippen molar-refractivity contribution in [2.24, 2.45) is 0 Å². The fraction of sp³-hybridized carbons (Fsp3) is 0.0408. The van der Waals surface area contributed by atoms with Gasteiger partial charge in [0.1, 0.15) is 0 Å². The highest BCUT2D eigenvalue weighted by molar-refractivity contribution is 6.14. The first-order valence-electron chi connectivity index (χ1n) is 17.7. The van der Waals surface area contributed by atoms with Crippen LogP contribution in [0.4, 0.5) is 0 Å². The van der Waals surface area contributed by atoms with Gasteiger partial charge in [0.2, 0.25) is 0 Å². The fourth-order valence-electron chi connectivity index (χ4n) is 7.30. The molecule has 246 valence electrons. The lowest BCUT2D eigenvalue weighted by Crippen LogP contribution is -1.98. The van der Waals surface area contributed by atoms with Gasteiger partial charge >= 0.3 is 0 Å². The van der Waals surface area contributed by atoms with Crippen LogP contribution in [0.25, 0.3) is 88.8 Å². The molecule has 0 fully saturated rings. The maximum Gasteiger partial charge on any atom is 0.160 e. The molecule has 3 heteroatoms. The van der Waals surface area contributed by atoms with Gasteiger partial charge < -0.3 is 0 Å². The summed E-state index contributed by atoms with van der Waals surface area (Å²) in [6.45, 7) is 4.13. The summed E-state index contributed by atoms with van der Waals surface area (Å²) in [4.78, 5) is 15.4. The molecule has 0 atom stereocenters. The number of fused-ring (bicyclic) bond motifs is 3. The Bertz CT molecular complexity index is 2730. The number of rotatable bonds is 6. The average Bonchev–Trinajstić information content (AvgIpc) is 3.21. The van der Waals surface area contributed by atoms with Crippen molar-refractivity contribution in [3.8, 4) is 67.3 Å². The van der Waals surface area contributed by atoms with Crippen molar-refractivity contribution in [1.82, 2.24) is 15.0 Å². The van der Waals surface area contributed by atoms with Crippen LogP contribution in [0.15, 0.2) is 176 Å². The first-order chi connectivity index (χ1) is 25.6. The SMILES string of the molecule is Cc1ccc(-c2cc(-c3nc(-c4ccccc4)cc(-c4ccc(-c5ccccc5)cc4)n3)cc(-c3cc4ccccc4c4ccccc34)c2)c(C)n1. The van der Waals surface area contributed by atoms with E-state index in [1.807, 2.05) is 19.1 Å². The smallest absolute Gasteiger partial charge is 0.160 e. The number of benzene rings is 7. The van der Waals surface area contributed by atoms with E-state index in [0.717, 1.165) is 56.2 Å². The highest BCUT2D eigenvalue weighted by Crippen LogP contribution is 2.39. The molecule has 0 saturated carbocycles. The van der Waals surface area contributed by atoms with Crippen molar-refractivity contribution in [1.29, 1.82) is 0 Å². The number of aromatic nitrogens is 3. The van der Waals surface area contributed by atoms with Crippen LogP contribution in [0.3, 0.4) is 0 Å². The van der Waals surface area contributed by atoms with Gasteiger partial charge in [-0.3, -0.25) is 4.98 Å². The normalized spacial score (nSPS) is 11.3. The Hall–Kier alpha value is -6.71. The van der Waals surface area contributed by atoms with Crippen LogP contribution in [0.2, 0.25) is 0 Å². The number of hydrogen-bond acceptors (Lipinski definition) is 3. The van der Waals surface area contributed by atoms with E-state index in [1.165, 1.54) is 38.2 Å². The minimum Gasteiger partial charge on any atom is -0.258 e. The quantitative estimate of drug-likeness (QED) is 0.166. The minimum atomic E-state index is 0.675. The topological polar surface area (TPSA) is 38.7 Å². The molecule has 9 aromatic rings. The summed E-state index contributed by atoms with van der Waals surface area (Å²) in [5.41, 5.74) is 13.6. The van der Waals surface area contributed by atoms with Crippen LogP contribution in [0, 0.1) is 13.8 Å². The Kier molecular flexibility index (Phi) is 7.94. The molecule has 3 nitrogen and oxygen atoms in total. The summed E-state index contributed by atoms with van der Waals surface area (Å²) in [7, 11) is 0. The molecule has 0 N–H and O–H groups in total. The third kappa shape index (κ3) is 5.93. The van der Waals surface area contributed by atoms with E-state index in [2.05, 4.69) is 171 Å². The maximum atomic E-state index is 5.29. The minimum absolute atomic E-state index is 0.675. The van der Waals surface area contributed by atoms with E-state index in [-0.39, 0.29) is 0 Å². The summed E-state index contributed by atoms with van der Waals surface area (Å²) in [5, 5.41) is 4.90. The monoisotopic (exact) mass is 665 g/mol. The summed E-state index contributed by atoms with van der Waals surface area (Å²) >= 11 is 0. The molecular formula is C49H35N3. The van der Waals surface area contributed by atoms with Crippen LogP contribution >= 0.6 is 0 Å². The van der Waals surface area contributed by atoms with E-state index in [9.17, 15) is 0 Å². The Balaban J connectivity index is 1.28. The van der Waals surface area contributed by atoms with Crippen molar-refractivity contribution >= 4 is 21.5 Å². The van der Waals surface area contributed by atoms with Crippen molar-refractivity contribution in [2.75, 3.05) is 0 Å². The third-order valence-corrected chi connectivity index (χ3v) is 9.89. The molecule has 7 aromatic carbocycles. The highest BCUT2D eigenvalue weighted by atomic mass is 14.9. The molecule has 0 bridgehead atoms. The molecule has 52 heavy (non-hydrogen) atoms. The highest BCUT2D eigenvalue weighted by Gasteiger charge is 2.17. The van der Waals surface area contributed by atoms with E-state index in [4.69, 9.17) is 15.0 Å². The molecule has 2 heterocycles. The van der Waals surface area contributed by atoms with E-state index in [0.29, 0.717) is 5.82 Å². The number of aryl methyl sites for hydroxylation is 2.